The van der Waals surface area contributed by atoms with Crippen molar-refractivity contribution in [2.75, 3.05) is 17.3 Å². The van der Waals surface area contributed by atoms with Crippen molar-refractivity contribution in [3.63, 3.8) is 0 Å². The largest absolute Gasteiger partial charge is 0.335 e. The Kier molecular flexibility index (Phi) is 6.39. The van der Waals surface area contributed by atoms with E-state index in [9.17, 15) is 13.2 Å². The molecule has 0 bridgehead atoms. The lowest BCUT2D eigenvalue weighted by Gasteiger charge is -2.33. The van der Waals surface area contributed by atoms with Gasteiger partial charge in [-0.15, -0.1) is 10.2 Å². The average molecular weight is 424 g/mol. The molecule has 0 unspecified atom stereocenters. The molecule has 1 saturated heterocycles. The summed E-state index contributed by atoms with van der Waals surface area (Å²) in [4.78, 5) is 18.7. The van der Waals surface area contributed by atoms with E-state index >= 15 is 0 Å². The number of aromatic nitrogens is 4. The molecule has 28 heavy (non-hydrogen) atoms. The molecule has 2 aromatic rings. The first kappa shape index (κ1) is 20.8. The molecule has 1 aliphatic rings. The molecule has 152 valence electrons. The number of thioether (sulfide) groups is 1. The fraction of sp³-hybridized carbons (Fsp3) is 0.556. The summed E-state index contributed by atoms with van der Waals surface area (Å²) in [5, 5.41) is 9.06. The van der Waals surface area contributed by atoms with Gasteiger partial charge in [-0.05, 0) is 31.9 Å². The Morgan fingerprint density at radius 3 is 2.68 bits per heavy atom. The van der Waals surface area contributed by atoms with Gasteiger partial charge in [0.05, 0.1) is 17.3 Å². The van der Waals surface area contributed by atoms with Gasteiger partial charge in [-0.1, -0.05) is 18.7 Å². The minimum Gasteiger partial charge on any atom is -0.335 e. The number of nitrogens with zero attached hydrogens (tertiary/aromatic N) is 5. The highest BCUT2D eigenvalue weighted by molar-refractivity contribution is 7.99. The van der Waals surface area contributed by atoms with Gasteiger partial charge >= 0.3 is 0 Å². The zero-order valence-electron chi connectivity index (χ0n) is 16.3. The Balaban J connectivity index is 1.70. The van der Waals surface area contributed by atoms with Crippen molar-refractivity contribution in [2.24, 2.45) is 7.05 Å². The van der Waals surface area contributed by atoms with Gasteiger partial charge in [-0.25, -0.2) is 8.42 Å². The molecular formula is C18H25N5O3S2. The van der Waals surface area contributed by atoms with Crippen molar-refractivity contribution in [1.82, 2.24) is 24.6 Å². The lowest BCUT2D eigenvalue weighted by atomic mass is 10.1. The van der Waals surface area contributed by atoms with E-state index in [2.05, 4.69) is 15.2 Å². The van der Waals surface area contributed by atoms with E-state index in [1.165, 1.54) is 11.8 Å². The maximum absolute atomic E-state index is 12.9. The van der Waals surface area contributed by atoms with Crippen molar-refractivity contribution < 1.29 is 13.2 Å². The molecule has 0 radical (unpaired) electrons. The van der Waals surface area contributed by atoms with Gasteiger partial charge in [0, 0.05) is 37.1 Å². The predicted molar refractivity (Wildman–Crippen MR) is 109 cm³/mol. The van der Waals surface area contributed by atoms with Crippen LogP contribution < -0.4 is 0 Å². The van der Waals surface area contributed by atoms with E-state index < -0.39 is 9.84 Å². The third kappa shape index (κ3) is 4.54. The van der Waals surface area contributed by atoms with Crippen molar-refractivity contribution in [1.29, 1.82) is 0 Å². The molecule has 1 aliphatic heterocycles. The summed E-state index contributed by atoms with van der Waals surface area (Å²) < 4.78 is 25.6. The molecule has 0 saturated carbocycles. The second-order valence-corrected chi connectivity index (χ2v) is 10.2. The van der Waals surface area contributed by atoms with Crippen LogP contribution in [0.3, 0.4) is 0 Å². The zero-order chi connectivity index (χ0) is 20.3. The molecule has 0 N–H and O–H groups in total. The van der Waals surface area contributed by atoms with Gasteiger partial charge < -0.3 is 9.47 Å². The molecule has 2 atom stereocenters. The van der Waals surface area contributed by atoms with Crippen LogP contribution in [-0.2, 0) is 21.7 Å². The number of carbonyl (C=O) groups excluding carboxylic acids is 1. The third-order valence-corrected chi connectivity index (χ3v) is 7.81. The van der Waals surface area contributed by atoms with E-state index in [1.54, 1.807) is 17.3 Å². The van der Waals surface area contributed by atoms with Crippen LogP contribution in [0, 0.1) is 0 Å². The van der Waals surface area contributed by atoms with Crippen LogP contribution in [0.15, 0.2) is 29.7 Å². The highest BCUT2D eigenvalue weighted by Gasteiger charge is 2.36. The number of hydrogen-bond acceptors (Lipinski definition) is 7. The van der Waals surface area contributed by atoms with Crippen LogP contribution in [0.25, 0.3) is 11.4 Å². The zero-order valence-corrected chi connectivity index (χ0v) is 17.9. The number of amides is 1. The standard InChI is InChI=1S/C18H25N5O3S2/c1-4-13(2)23(15-7-10-28(25,26)12-15)16(24)11-27-18-21-20-17(22(18)3)14-5-8-19-9-6-14/h5-6,8-9,13,15H,4,7,10-12H2,1-3H3/t13-,15-/m1/s1. The van der Waals surface area contributed by atoms with Crippen LogP contribution >= 0.6 is 11.8 Å². The van der Waals surface area contributed by atoms with Crippen molar-refractivity contribution in [3.8, 4) is 11.4 Å². The van der Waals surface area contributed by atoms with E-state index in [-0.39, 0.29) is 35.2 Å². The third-order valence-electron chi connectivity index (χ3n) is 5.05. The molecule has 10 heteroatoms. The van der Waals surface area contributed by atoms with Crippen LogP contribution in [0.4, 0.5) is 0 Å². The number of hydrogen-bond donors (Lipinski definition) is 0. The first-order valence-electron chi connectivity index (χ1n) is 9.26. The van der Waals surface area contributed by atoms with Crippen LogP contribution in [0.2, 0.25) is 0 Å². The Hall–Kier alpha value is -1.94. The van der Waals surface area contributed by atoms with Gasteiger partial charge in [-0.2, -0.15) is 0 Å². The highest BCUT2D eigenvalue weighted by atomic mass is 32.2. The summed E-state index contributed by atoms with van der Waals surface area (Å²) >= 11 is 1.32. The summed E-state index contributed by atoms with van der Waals surface area (Å²) in [7, 11) is -1.19. The number of carbonyl (C=O) groups is 1. The fourth-order valence-corrected chi connectivity index (χ4v) is 5.89. The Morgan fingerprint density at radius 1 is 1.36 bits per heavy atom. The Morgan fingerprint density at radius 2 is 2.07 bits per heavy atom. The first-order valence-corrected chi connectivity index (χ1v) is 12.1. The second kappa shape index (κ2) is 8.60. The van der Waals surface area contributed by atoms with E-state index in [4.69, 9.17) is 0 Å². The van der Waals surface area contributed by atoms with Crippen LogP contribution in [-0.4, -0.2) is 68.3 Å². The smallest absolute Gasteiger partial charge is 0.233 e. The molecule has 3 heterocycles. The van der Waals surface area contributed by atoms with Gasteiger partial charge in [-0.3, -0.25) is 9.78 Å². The topological polar surface area (TPSA) is 98.1 Å². The summed E-state index contributed by atoms with van der Waals surface area (Å²) in [6.07, 6.45) is 4.68. The van der Waals surface area contributed by atoms with Gasteiger partial charge in [0.2, 0.25) is 5.91 Å². The number of pyridine rings is 1. The monoisotopic (exact) mass is 423 g/mol. The molecule has 1 fully saturated rings. The lowest BCUT2D eigenvalue weighted by Crippen LogP contribution is -2.47. The van der Waals surface area contributed by atoms with E-state index in [0.717, 1.165) is 12.0 Å². The van der Waals surface area contributed by atoms with Crippen molar-refractivity contribution in [2.45, 2.75) is 43.9 Å². The molecule has 3 rings (SSSR count). The SMILES string of the molecule is CC[C@@H](C)N(C(=O)CSc1nnc(-c2ccncc2)n1C)[C@@H]1CCS(=O)(=O)C1. The summed E-state index contributed by atoms with van der Waals surface area (Å²) in [6, 6.07) is 3.47. The Bertz CT molecular complexity index is 930. The molecule has 0 spiro atoms. The van der Waals surface area contributed by atoms with E-state index in [0.29, 0.717) is 17.4 Å². The molecule has 0 aliphatic carbocycles. The number of rotatable bonds is 7. The van der Waals surface area contributed by atoms with E-state index in [1.807, 2.05) is 37.6 Å². The Labute approximate surface area is 169 Å². The summed E-state index contributed by atoms with van der Waals surface area (Å²) in [5.41, 5.74) is 0.903. The quantitative estimate of drug-likeness (QED) is 0.626. The maximum atomic E-state index is 12.9. The molecule has 8 nitrogen and oxygen atoms in total. The molecule has 1 amide bonds. The minimum absolute atomic E-state index is 0.00160. The van der Waals surface area contributed by atoms with Gasteiger partial charge in [0.25, 0.3) is 0 Å². The lowest BCUT2D eigenvalue weighted by molar-refractivity contribution is -0.132. The van der Waals surface area contributed by atoms with Crippen molar-refractivity contribution in [3.05, 3.63) is 24.5 Å². The van der Waals surface area contributed by atoms with Gasteiger partial charge in [0.1, 0.15) is 0 Å². The first-order chi connectivity index (χ1) is 13.3. The predicted octanol–water partition coefficient (Wildman–Crippen LogP) is 1.78. The van der Waals surface area contributed by atoms with Crippen molar-refractivity contribution >= 4 is 27.5 Å². The molecule has 0 aromatic carbocycles. The maximum Gasteiger partial charge on any atom is 0.233 e. The summed E-state index contributed by atoms with van der Waals surface area (Å²) in [5.74, 6) is 1.06. The second-order valence-electron chi connectivity index (χ2n) is 7.00. The number of sulfone groups is 1. The molecular weight excluding hydrogens is 398 g/mol. The minimum atomic E-state index is -3.05. The van der Waals surface area contributed by atoms with Gasteiger partial charge in [0.15, 0.2) is 20.8 Å². The highest BCUT2D eigenvalue weighted by Crippen LogP contribution is 2.25. The fourth-order valence-electron chi connectivity index (χ4n) is 3.39. The van der Waals surface area contributed by atoms with Crippen LogP contribution in [0.1, 0.15) is 26.7 Å². The average Bonchev–Trinajstić information content (AvgIpc) is 3.22. The molecule has 2 aromatic heterocycles. The normalized spacial score (nSPS) is 19.5. The summed E-state index contributed by atoms with van der Waals surface area (Å²) in [6.45, 7) is 3.97. The van der Waals surface area contributed by atoms with Crippen LogP contribution in [0.5, 0.6) is 0 Å².